The van der Waals surface area contributed by atoms with Crippen molar-refractivity contribution in [2.24, 2.45) is 5.92 Å². The predicted molar refractivity (Wildman–Crippen MR) is 123 cm³/mol. The third kappa shape index (κ3) is 4.91. The van der Waals surface area contributed by atoms with Gasteiger partial charge in [-0.1, -0.05) is 17.9 Å². The smallest absolute Gasteiger partial charge is 0.308 e. The van der Waals surface area contributed by atoms with Crippen LogP contribution in [0.2, 0.25) is 0 Å². The van der Waals surface area contributed by atoms with Crippen LogP contribution in [0.4, 0.5) is 0 Å². The molecule has 0 radical (unpaired) electrons. The molecule has 1 aromatic heterocycles. The SMILES string of the molecule is COc1ccc([C@]2(C#Cc3ccncc3)CC[C@@H](C(=O)OC)CC2)cc1OC1CCCC1. The van der Waals surface area contributed by atoms with Gasteiger partial charge in [-0.25, -0.2) is 0 Å². The largest absolute Gasteiger partial charge is 0.493 e. The summed E-state index contributed by atoms with van der Waals surface area (Å²) < 4.78 is 17.0. The zero-order valence-electron chi connectivity index (χ0n) is 18.9. The van der Waals surface area contributed by atoms with Crippen molar-refractivity contribution in [3.63, 3.8) is 0 Å². The number of hydrogen-bond acceptors (Lipinski definition) is 5. The number of carbonyl (C=O) groups excluding carboxylic acids is 1. The van der Waals surface area contributed by atoms with E-state index in [1.807, 2.05) is 18.2 Å². The summed E-state index contributed by atoms with van der Waals surface area (Å²) >= 11 is 0. The van der Waals surface area contributed by atoms with Gasteiger partial charge in [0.15, 0.2) is 11.5 Å². The molecule has 0 unspecified atom stereocenters. The summed E-state index contributed by atoms with van der Waals surface area (Å²) in [7, 11) is 3.14. The number of ether oxygens (including phenoxy) is 3. The first-order valence-corrected chi connectivity index (χ1v) is 11.5. The summed E-state index contributed by atoms with van der Waals surface area (Å²) in [5.41, 5.74) is 1.70. The molecular formula is C27H31NO4. The van der Waals surface area contributed by atoms with Crippen LogP contribution in [0.3, 0.4) is 0 Å². The lowest BCUT2D eigenvalue weighted by Gasteiger charge is -2.36. The normalized spacial score (nSPS) is 23.1. The Hall–Kier alpha value is -3.00. The van der Waals surface area contributed by atoms with Gasteiger partial charge in [0.2, 0.25) is 0 Å². The molecule has 0 aliphatic heterocycles. The fraction of sp³-hybridized carbons (Fsp3) is 0.481. The van der Waals surface area contributed by atoms with Crippen LogP contribution in [0.5, 0.6) is 11.5 Å². The maximum Gasteiger partial charge on any atom is 0.308 e. The number of esters is 1. The van der Waals surface area contributed by atoms with Gasteiger partial charge in [0.05, 0.1) is 31.7 Å². The summed E-state index contributed by atoms with van der Waals surface area (Å²) in [6.07, 6.45) is 11.4. The zero-order chi connectivity index (χ0) is 22.4. The first-order chi connectivity index (χ1) is 15.6. The maximum absolute atomic E-state index is 12.1. The number of rotatable bonds is 5. The van der Waals surface area contributed by atoms with Gasteiger partial charge in [-0.3, -0.25) is 9.78 Å². The van der Waals surface area contributed by atoms with E-state index in [4.69, 9.17) is 14.2 Å². The lowest BCUT2D eigenvalue weighted by Crippen LogP contribution is -2.33. The Morgan fingerprint density at radius 1 is 1.00 bits per heavy atom. The van der Waals surface area contributed by atoms with Gasteiger partial charge in [-0.15, -0.1) is 0 Å². The number of methoxy groups -OCH3 is 2. The van der Waals surface area contributed by atoms with Crippen LogP contribution in [0, 0.1) is 17.8 Å². The number of benzene rings is 1. The molecule has 0 amide bonds. The van der Waals surface area contributed by atoms with Crippen LogP contribution in [0.25, 0.3) is 0 Å². The molecule has 1 heterocycles. The fourth-order valence-corrected chi connectivity index (χ4v) is 4.88. The zero-order valence-corrected chi connectivity index (χ0v) is 18.9. The Morgan fingerprint density at radius 3 is 2.38 bits per heavy atom. The molecular weight excluding hydrogens is 402 g/mol. The van der Waals surface area contributed by atoms with Crippen LogP contribution in [-0.4, -0.2) is 31.3 Å². The van der Waals surface area contributed by atoms with E-state index >= 15 is 0 Å². The second kappa shape index (κ2) is 10.1. The third-order valence-electron chi connectivity index (χ3n) is 6.81. The average Bonchev–Trinajstić information content (AvgIpc) is 3.36. The van der Waals surface area contributed by atoms with Crippen molar-refractivity contribution >= 4 is 5.97 Å². The molecule has 2 saturated carbocycles. The number of hydrogen-bond donors (Lipinski definition) is 0. The van der Waals surface area contributed by atoms with Gasteiger partial charge in [0, 0.05) is 18.0 Å². The topological polar surface area (TPSA) is 57.7 Å². The van der Waals surface area contributed by atoms with E-state index < -0.39 is 0 Å². The molecule has 0 saturated heterocycles. The first kappa shape index (κ1) is 22.2. The van der Waals surface area contributed by atoms with E-state index in [0.717, 1.165) is 61.2 Å². The molecule has 0 bridgehead atoms. The summed E-state index contributed by atoms with van der Waals surface area (Å²) in [5, 5.41) is 0. The number of pyridine rings is 1. The minimum absolute atomic E-state index is 0.0664. The fourth-order valence-electron chi connectivity index (χ4n) is 4.88. The van der Waals surface area contributed by atoms with Crippen LogP contribution in [0.1, 0.15) is 62.5 Å². The van der Waals surface area contributed by atoms with E-state index in [0.29, 0.717) is 0 Å². The Kier molecular flexibility index (Phi) is 6.99. The Labute approximate surface area is 190 Å². The number of nitrogens with zero attached hydrogens (tertiary/aromatic N) is 1. The van der Waals surface area contributed by atoms with E-state index in [1.165, 1.54) is 20.0 Å². The second-order valence-corrected chi connectivity index (χ2v) is 8.76. The van der Waals surface area contributed by atoms with E-state index in [1.54, 1.807) is 19.5 Å². The van der Waals surface area contributed by atoms with Crippen molar-refractivity contribution in [3.05, 3.63) is 53.9 Å². The highest BCUT2D eigenvalue weighted by Crippen LogP contribution is 2.44. The first-order valence-electron chi connectivity index (χ1n) is 11.5. The summed E-state index contributed by atoms with van der Waals surface area (Å²) in [6.45, 7) is 0. The Morgan fingerprint density at radius 2 is 1.72 bits per heavy atom. The van der Waals surface area contributed by atoms with Crippen LogP contribution in [-0.2, 0) is 14.9 Å². The predicted octanol–water partition coefficient (Wildman–Crippen LogP) is 5.06. The molecule has 0 N–H and O–H groups in total. The maximum atomic E-state index is 12.1. The molecule has 2 fully saturated rings. The highest BCUT2D eigenvalue weighted by molar-refractivity contribution is 5.72. The minimum atomic E-state index is -0.353. The highest BCUT2D eigenvalue weighted by Gasteiger charge is 2.39. The molecule has 4 rings (SSSR count). The molecule has 0 atom stereocenters. The van der Waals surface area contributed by atoms with Gasteiger partial charge in [0.1, 0.15) is 0 Å². The summed E-state index contributed by atoms with van der Waals surface area (Å²) in [4.78, 5) is 16.2. The lowest BCUT2D eigenvalue weighted by atomic mass is 9.67. The second-order valence-electron chi connectivity index (χ2n) is 8.76. The van der Waals surface area contributed by atoms with Crippen molar-refractivity contribution in [1.82, 2.24) is 4.98 Å². The lowest BCUT2D eigenvalue weighted by molar-refractivity contribution is -0.146. The minimum Gasteiger partial charge on any atom is -0.493 e. The highest BCUT2D eigenvalue weighted by atomic mass is 16.5. The van der Waals surface area contributed by atoms with Crippen molar-refractivity contribution in [3.8, 4) is 23.3 Å². The van der Waals surface area contributed by atoms with Crippen molar-refractivity contribution < 1.29 is 19.0 Å². The quantitative estimate of drug-likeness (QED) is 0.487. The Bertz CT molecular complexity index is 978. The van der Waals surface area contributed by atoms with E-state index in [2.05, 4.69) is 29.0 Å². The summed E-state index contributed by atoms with van der Waals surface area (Å²) in [5.74, 6) is 8.28. The van der Waals surface area contributed by atoms with Gasteiger partial charge >= 0.3 is 5.97 Å². The molecule has 5 heteroatoms. The number of carbonyl (C=O) groups is 1. The Balaban J connectivity index is 1.68. The number of aromatic nitrogens is 1. The van der Waals surface area contributed by atoms with Gasteiger partial charge in [0.25, 0.3) is 0 Å². The standard InChI is InChI=1S/C27H31NO4/c1-30-24-8-7-22(19-25(24)32-23-5-3-4-6-23)27(14-9-20-12-17-28-18-13-20)15-10-21(11-16-27)26(29)31-2/h7-8,12-13,17-19,21,23H,3-6,10-11,15-16H2,1-2H3/t21-,27-. The van der Waals surface area contributed by atoms with Crippen LogP contribution >= 0.6 is 0 Å². The van der Waals surface area contributed by atoms with Crippen molar-refractivity contribution in [1.29, 1.82) is 0 Å². The molecule has 0 spiro atoms. The molecule has 5 nitrogen and oxygen atoms in total. The molecule has 32 heavy (non-hydrogen) atoms. The van der Waals surface area contributed by atoms with Gasteiger partial charge < -0.3 is 14.2 Å². The van der Waals surface area contributed by atoms with Gasteiger partial charge in [-0.05, 0) is 81.2 Å². The van der Waals surface area contributed by atoms with Crippen LogP contribution < -0.4 is 9.47 Å². The van der Waals surface area contributed by atoms with Crippen molar-refractivity contribution in [2.45, 2.75) is 62.9 Å². The third-order valence-corrected chi connectivity index (χ3v) is 6.81. The monoisotopic (exact) mass is 433 g/mol. The van der Waals surface area contributed by atoms with E-state index in [-0.39, 0.29) is 23.4 Å². The molecule has 2 aliphatic rings. The van der Waals surface area contributed by atoms with Crippen LogP contribution in [0.15, 0.2) is 42.7 Å². The summed E-state index contributed by atoms with van der Waals surface area (Å²) in [6, 6.07) is 10.0. The van der Waals surface area contributed by atoms with Gasteiger partial charge in [-0.2, -0.15) is 0 Å². The molecule has 168 valence electrons. The molecule has 1 aromatic carbocycles. The van der Waals surface area contributed by atoms with Crippen molar-refractivity contribution in [2.75, 3.05) is 14.2 Å². The molecule has 2 aliphatic carbocycles. The molecule has 2 aromatic rings. The average molecular weight is 434 g/mol. The van der Waals surface area contributed by atoms with E-state index in [9.17, 15) is 4.79 Å².